The van der Waals surface area contributed by atoms with E-state index in [1.807, 2.05) is 0 Å². The third-order valence-electron chi connectivity index (χ3n) is 6.40. The Bertz CT molecular complexity index is 1530. The molecule has 0 spiro atoms. The summed E-state index contributed by atoms with van der Waals surface area (Å²) in [5.41, 5.74) is 6.51. The lowest BCUT2D eigenvalue weighted by Gasteiger charge is -2.32. The van der Waals surface area contributed by atoms with E-state index in [0.717, 1.165) is 18.6 Å². The first-order valence-electron chi connectivity index (χ1n) is 11.8. The number of nitrogens with zero attached hydrogens (tertiary/aromatic N) is 5. The van der Waals surface area contributed by atoms with Crippen LogP contribution in [0, 0.1) is 29.1 Å². The van der Waals surface area contributed by atoms with E-state index in [2.05, 4.69) is 15.1 Å². The average molecular weight is 532 g/mol. The number of ether oxygens (including phenoxy) is 1. The molecule has 1 fully saturated rings. The van der Waals surface area contributed by atoms with Gasteiger partial charge in [-0.1, -0.05) is 6.92 Å². The Labute approximate surface area is 212 Å². The highest BCUT2D eigenvalue weighted by molar-refractivity contribution is 5.98. The Hall–Kier alpha value is -4.29. The maximum Gasteiger partial charge on any atom is 0.222 e. The second-order valence-corrected chi connectivity index (χ2v) is 8.78. The molecule has 0 bridgehead atoms. The molecule has 8 nitrogen and oxygen atoms in total. The van der Waals surface area contributed by atoms with Crippen molar-refractivity contribution in [2.24, 2.45) is 0 Å². The van der Waals surface area contributed by atoms with Crippen molar-refractivity contribution in [2.75, 3.05) is 18.8 Å². The second kappa shape index (κ2) is 9.88. The van der Waals surface area contributed by atoms with E-state index >= 15 is 4.39 Å². The van der Waals surface area contributed by atoms with E-state index in [-0.39, 0.29) is 40.5 Å². The first-order valence-corrected chi connectivity index (χ1v) is 11.8. The number of anilines is 1. The number of aromatic nitrogens is 4. The highest BCUT2D eigenvalue weighted by Crippen LogP contribution is 2.37. The number of amides is 1. The quantitative estimate of drug-likeness (QED) is 0.282. The Balaban J connectivity index is 1.54. The van der Waals surface area contributed by atoms with Crippen LogP contribution in [0.4, 0.5) is 27.8 Å². The Morgan fingerprint density at radius 2 is 1.82 bits per heavy atom. The van der Waals surface area contributed by atoms with Gasteiger partial charge in [-0.3, -0.25) is 4.79 Å². The third-order valence-corrected chi connectivity index (χ3v) is 6.40. The zero-order valence-corrected chi connectivity index (χ0v) is 20.0. The summed E-state index contributed by atoms with van der Waals surface area (Å²) in [7, 11) is 0. The lowest BCUT2D eigenvalue weighted by molar-refractivity contribution is -0.132. The second-order valence-electron chi connectivity index (χ2n) is 8.78. The van der Waals surface area contributed by atoms with Gasteiger partial charge in [0.2, 0.25) is 23.3 Å². The van der Waals surface area contributed by atoms with Crippen molar-refractivity contribution in [3.8, 4) is 22.8 Å². The zero-order valence-electron chi connectivity index (χ0n) is 20.0. The molecule has 2 aromatic carbocycles. The van der Waals surface area contributed by atoms with Crippen LogP contribution in [0.3, 0.4) is 0 Å². The van der Waals surface area contributed by atoms with Crippen molar-refractivity contribution < 1.29 is 31.5 Å². The molecule has 0 radical (unpaired) electrons. The van der Waals surface area contributed by atoms with Crippen LogP contribution in [0.1, 0.15) is 32.2 Å². The molecule has 1 unspecified atom stereocenters. The predicted molar refractivity (Wildman–Crippen MR) is 127 cm³/mol. The van der Waals surface area contributed by atoms with Crippen LogP contribution in [0.15, 0.2) is 30.6 Å². The number of rotatable bonds is 5. The fraction of sp³-hybridized carbons (Fsp3) is 0.280. The van der Waals surface area contributed by atoms with Crippen LogP contribution in [0.5, 0.6) is 11.5 Å². The fourth-order valence-electron chi connectivity index (χ4n) is 4.55. The number of likely N-dealkylation sites (tertiary alicyclic amines) is 1. The van der Waals surface area contributed by atoms with Crippen molar-refractivity contribution in [3.05, 3.63) is 59.7 Å². The largest absolute Gasteiger partial charge is 0.451 e. The van der Waals surface area contributed by atoms with Crippen LogP contribution in [0.2, 0.25) is 0 Å². The average Bonchev–Trinajstić information content (AvgIpc) is 3.30. The Morgan fingerprint density at radius 1 is 1.08 bits per heavy atom. The Kier molecular flexibility index (Phi) is 6.59. The van der Waals surface area contributed by atoms with Gasteiger partial charge in [0, 0.05) is 37.2 Å². The minimum absolute atomic E-state index is 0.00760. The van der Waals surface area contributed by atoms with Crippen molar-refractivity contribution in [1.82, 2.24) is 24.6 Å². The van der Waals surface area contributed by atoms with Gasteiger partial charge in [0.25, 0.3) is 0 Å². The molecule has 198 valence electrons. The van der Waals surface area contributed by atoms with Gasteiger partial charge in [-0.25, -0.2) is 27.8 Å². The molecule has 1 aliphatic heterocycles. The van der Waals surface area contributed by atoms with Gasteiger partial charge in [-0.2, -0.15) is 13.9 Å². The normalized spacial score (nSPS) is 15.7. The number of nitrogen functional groups attached to an aromatic ring is 1. The first-order chi connectivity index (χ1) is 18.2. The van der Waals surface area contributed by atoms with Crippen LogP contribution < -0.4 is 10.5 Å². The molecule has 1 aliphatic rings. The third kappa shape index (κ3) is 4.37. The molecular weight excluding hydrogens is 511 g/mol. The first kappa shape index (κ1) is 25.4. The lowest BCUT2D eigenvalue weighted by Crippen LogP contribution is -2.40. The number of hydrogen-bond donors (Lipinski definition) is 1. The molecule has 2 aromatic heterocycles. The molecule has 2 N–H and O–H groups in total. The van der Waals surface area contributed by atoms with Gasteiger partial charge < -0.3 is 15.4 Å². The topological polar surface area (TPSA) is 99.2 Å². The van der Waals surface area contributed by atoms with Gasteiger partial charge in [-0.05, 0) is 25.0 Å². The summed E-state index contributed by atoms with van der Waals surface area (Å²) >= 11 is 0. The number of carbonyl (C=O) groups is 1. The van der Waals surface area contributed by atoms with Crippen molar-refractivity contribution in [2.45, 2.75) is 32.2 Å². The maximum absolute atomic E-state index is 15.3. The summed E-state index contributed by atoms with van der Waals surface area (Å²) in [6.45, 7) is 2.80. The minimum atomic E-state index is -1.76. The smallest absolute Gasteiger partial charge is 0.222 e. The van der Waals surface area contributed by atoms with E-state index in [4.69, 9.17) is 10.5 Å². The number of halogens is 5. The molecule has 1 saturated heterocycles. The number of nitrogens with two attached hydrogens (primary N) is 1. The van der Waals surface area contributed by atoms with Gasteiger partial charge in [0.15, 0.2) is 17.3 Å². The molecule has 1 amide bonds. The van der Waals surface area contributed by atoms with Crippen LogP contribution in [-0.4, -0.2) is 43.6 Å². The Morgan fingerprint density at radius 3 is 2.50 bits per heavy atom. The van der Waals surface area contributed by atoms with Gasteiger partial charge in [0.05, 0.1) is 11.4 Å². The minimum Gasteiger partial charge on any atom is -0.451 e. The number of fused-ring (bicyclic) bond motifs is 1. The van der Waals surface area contributed by atoms with E-state index < -0.39 is 40.6 Å². The molecule has 4 aromatic rings. The van der Waals surface area contributed by atoms with Crippen LogP contribution in [0.25, 0.3) is 22.3 Å². The summed E-state index contributed by atoms with van der Waals surface area (Å²) < 4.78 is 76.9. The van der Waals surface area contributed by atoms with Crippen LogP contribution >= 0.6 is 0 Å². The monoisotopic (exact) mass is 532 g/mol. The summed E-state index contributed by atoms with van der Waals surface area (Å²) in [5.74, 6) is -9.45. The van der Waals surface area contributed by atoms with Crippen molar-refractivity contribution in [3.63, 3.8) is 0 Å². The van der Waals surface area contributed by atoms with Gasteiger partial charge in [0.1, 0.15) is 29.4 Å². The molecule has 0 saturated carbocycles. The summed E-state index contributed by atoms with van der Waals surface area (Å²) in [4.78, 5) is 22.3. The number of hydrogen-bond acceptors (Lipinski definition) is 6. The number of benzene rings is 2. The molecule has 3 heterocycles. The van der Waals surface area contributed by atoms with E-state index in [9.17, 15) is 22.4 Å². The van der Waals surface area contributed by atoms with Gasteiger partial charge >= 0.3 is 0 Å². The summed E-state index contributed by atoms with van der Waals surface area (Å²) in [5, 5.41) is 4.87. The standard InChI is InChI=1S/C25H21F5N6O2/c1-2-18(37)35-7-3-4-12(10-35)36-25-19(24(31)32-11-33-25)22(34-36)14-6-5-13(8-15(14)26)38-23-20(29)16(27)9-17(28)21(23)30/h5-6,8-9,11-12H,2-4,7,10H2,1H3,(H2,31,32,33). The van der Waals surface area contributed by atoms with E-state index in [1.54, 1.807) is 16.5 Å². The lowest BCUT2D eigenvalue weighted by atomic mass is 10.1. The SMILES string of the molecule is CCC(=O)N1CCCC(n2nc(-c3ccc(Oc4c(F)c(F)cc(F)c4F)cc3F)c3c(N)ncnc32)C1. The van der Waals surface area contributed by atoms with E-state index in [1.165, 1.54) is 12.4 Å². The summed E-state index contributed by atoms with van der Waals surface area (Å²) in [6.07, 6.45) is 3.06. The van der Waals surface area contributed by atoms with Gasteiger partial charge in [-0.15, -0.1) is 0 Å². The van der Waals surface area contributed by atoms with Crippen molar-refractivity contribution >= 4 is 22.8 Å². The number of carbonyl (C=O) groups excluding carboxylic acids is 1. The van der Waals surface area contributed by atoms with E-state index in [0.29, 0.717) is 31.6 Å². The molecule has 1 atom stereocenters. The van der Waals surface area contributed by atoms with Crippen molar-refractivity contribution in [1.29, 1.82) is 0 Å². The zero-order chi connectivity index (χ0) is 27.1. The molecule has 0 aliphatic carbocycles. The highest BCUT2D eigenvalue weighted by Gasteiger charge is 2.29. The number of piperidine rings is 1. The fourth-order valence-corrected chi connectivity index (χ4v) is 4.55. The van der Waals surface area contributed by atoms with Crippen LogP contribution in [-0.2, 0) is 4.79 Å². The molecule has 5 rings (SSSR count). The predicted octanol–water partition coefficient (Wildman–Crippen LogP) is 5.14. The summed E-state index contributed by atoms with van der Waals surface area (Å²) in [6, 6.07) is 2.97. The molecule has 38 heavy (non-hydrogen) atoms. The maximum atomic E-state index is 15.3. The molecule has 13 heteroatoms. The highest BCUT2D eigenvalue weighted by atomic mass is 19.2. The molecular formula is C25H21F5N6O2.